The maximum atomic E-state index is 11.7. The van der Waals surface area contributed by atoms with Gasteiger partial charge in [0.05, 0.1) is 18.2 Å². The molecule has 0 aromatic carbocycles. The zero-order chi connectivity index (χ0) is 20.9. The van der Waals surface area contributed by atoms with Crippen LogP contribution in [0.5, 0.6) is 0 Å². The maximum Gasteiger partial charge on any atom is 0.408 e. The van der Waals surface area contributed by atoms with E-state index in [9.17, 15) is 25.2 Å². The van der Waals surface area contributed by atoms with E-state index in [1.807, 2.05) is 0 Å². The number of carbonyl (C=O) groups is 2. The van der Waals surface area contributed by atoms with E-state index in [1.165, 1.54) is 11.8 Å². The Morgan fingerprint density at radius 3 is 2.54 bits per heavy atom. The summed E-state index contributed by atoms with van der Waals surface area (Å²) < 4.78 is 4.74. The smallest absolute Gasteiger partial charge is 0.408 e. The first-order valence-corrected chi connectivity index (χ1v) is 8.83. The van der Waals surface area contributed by atoms with Gasteiger partial charge in [-0.25, -0.2) is 4.79 Å². The van der Waals surface area contributed by atoms with Crippen molar-refractivity contribution in [2.45, 2.75) is 45.2 Å². The van der Waals surface area contributed by atoms with Gasteiger partial charge in [0.15, 0.2) is 12.0 Å². The van der Waals surface area contributed by atoms with Crippen LogP contribution in [0.4, 0.5) is 4.79 Å². The summed E-state index contributed by atoms with van der Waals surface area (Å²) in [7, 11) is 0. The van der Waals surface area contributed by atoms with Crippen molar-refractivity contribution in [3.63, 3.8) is 0 Å². The SMILES string of the molecule is C=C=C(C)C1C(C(C#N)(C#N)CC#CCOC(C)=O)=CC2CCC1N2C(=O)O. The Balaban J connectivity index is 2.47. The fourth-order valence-corrected chi connectivity index (χ4v) is 3.92. The molecule has 2 aliphatic heterocycles. The van der Waals surface area contributed by atoms with Crippen molar-refractivity contribution in [2.24, 2.45) is 11.3 Å². The van der Waals surface area contributed by atoms with E-state index >= 15 is 0 Å². The molecule has 2 heterocycles. The molecule has 144 valence electrons. The van der Waals surface area contributed by atoms with Crippen molar-refractivity contribution in [3.8, 4) is 24.0 Å². The Morgan fingerprint density at radius 2 is 2.00 bits per heavy atom. The number of nitriles is 2. The molecule has 0 aromatic heterocycles. The quantitative estimate of drug-likeness (QED) is 0.348. The first-order valence-electron chi connectivity index (χ1n) is 8.83. The zero-order valence-electron chi connectivity index (χ0n) is 15.9. The molecule has 1 saturated heterocycles. The van der Waals surface area contributed by atoms with Gasteiger partial charge in [0, 0.05) is 25.3 Å². The summed E-state index contributed by atoms with van der Waals surface area (Å²) in [5, 5.41) is 29.3. The van der Waals surface area contributed by atoms with Crippen LogP contribution in [0, 0.1) is 45.8 Å². The van der Waals surface area contributed by atoms with E-state index in [0.29, 0.717) is 24.0 Å². The van der Waals surface area contributed by atoms with Gasteiger partial charge in [0.1, 0.15) is 0 Å². The number of rotatable bonds is 4. The Morgan fingerprint density at radius 1 is 1.32 bits per heavy atom. The van der Waals surface area contributed by atoms with Crippen molar-refractivity contribution in [1.29, 1.82) is 10.5 Å². The minimum Gasteiger partial charge on any atom is -0.465 e. The summed E-state index contributed by atoms with van der Waals surface area (Å²) in [5.41, 5.74) is 2.52. The molecule has 1 N–H and O–H groups in total. The lowest BCUT2D eigenvalue weighted by atomic mass is 9.68. The third-order valence-electron chi connectivity index (χ3n) is 5.23. The Labute approximate surface area is 164 Å². The normalized spacial score (nSPS) is 22.5. The Hall–Kier alpha value is -3.46. The minimum atomic E-state index is -1.53. The van der Waals surface area contributed by atoms with E-state index in [-0.39, 0.29) is 25.1 Å². The van der Waals surface area contributed by atoms with Gasteiger partial charge >= 0.3 is 12.1 Å². The third kappa shape index (κ3) is 3.79. The topological polar surface area (TPSA) is 114 Å². The molecule has 0 aliphatic carbocycles. The molecule has 7 heteroatoms. The number of amides is 1. The number of fused-ring (bicyclic) bond motifs is 2. The second-order valence-corrected chi connectivity index (χ2v) is 6.80. The number of nitrogens with zero attached hydrogens (tertiary/aromatic N) is 3. The van der Waals surface area contributed by atoms with Crippen molar-refractivity contribution in [1.82, 2.24) is 4.90 Å². The van der Waals surface area contributed by atoms with Crippen LogP contribution < -0.4 is 0 Å². The van der Waals surface area contributed by atoms with Crippen LogP contribution in [0.15, 0.2) is 29.5 Å². The molecule has 7 nitrogen and oxygen atoms in total. The standard InChI is InChI=1S/C21H21N3O4/c1-4-14(2)19-17(11-16-7-8-18(19)24(16)20(26)27)21(12-22,13-23)9-5-6-10-28-15(3)25/h11,16,18-19H,1,7-10H2,2-3H3,(H,26,27). The highest BCUT2D eigenvalue weighted by atomic mass is 16.5. The lowest BCUT2D eigenvalue weighted by Crippen LogP contribution is -2.49. The number of hydrogen-bond donors (Lipinski definition) is 1. The van der Waals surface area contributed by atoms with Crippen molar-refractivity contribution >= 4 is 12.1 Å². The molecular weight excluding hydrogens is 358 g/mol. The van der Waals surface area contributed by atoms with Gasteiger partial charge in [-0.1, -0.05) is 24.5 Å². The largest absolute Gasteiger partial charge is 0.465 e. The lowest BCUT2D eigenvalue weighted by molar-refractivity contribution is -0.139. The minimum absolute atomic E-state index is 0.0689. The monoisotopic (exact) mass is 379 g/mol. The molecule has 1 amide bonds. The van der Waals surface area contributed by atoms with Gasteiger partial charge in [-0.15, -0.1) is 5.73 Å². The van der Waals surface area contributed by atoms with Crippen LogP contribution in [-0.2, 0) is 9.53 Å². The summed E-state index contributed by atoms with van der Waals surface area (Å²) in [6, 6.07) is 3.44. The molecule has 0 aromatic rings. The van der Waals surface area contributed by atoms with E-state index in [4.69, 9.17) is 4.74 Å². The van der Waals surface area contributed by atoms with E-state index in [0.717, 1.165) is 0 Å². The molecule has 2 rings (SSSR count). The molecule has 2 aliphatic rings. The highest BCUT2D eigenvalue weighted by Gasteiger charge is 2.51. The highest BCUT2D eigenvalue weighted by molar-refractivity contribution is 5.68. The molecule has 3 unspecified atom stereocenters. The molecular formula is C21H21N3O4. The second kappa shape index (κ2) is 8.49. The van der Waals surface area contributed by atoms with Crippen LogP contribution in [0.1, 0.15) is 33.1 Å². The van der Waals surface area contributed by atoms with Gasteiger partial charge in [-0.2, -0.15) is 10.5 Å². The first-order chi connectivity index (χ1) is 13.3. The average Bonchev–Trinajstić information content (AvgIpc) is 2.98. The van der Waals surface area contributed by atoms with Gasteiger partial charge in [-0.05, 0) is 30.9 Å². The molecule has 0 spiro atoms. The highest BCUT2D eigenvalue weighted by Crippen LogP contribution is 2.48. The molecule has 1 fully saturated rings. The predicted octanol–water partition coefficient (Wildman–Crippen LogP) is 2.77. The number of ether oxygens (including phenoxy) is 1. The fourth-order valence-electron chi connectivity index (χ4n) is 3.92. The Bertz CT molecular complexity index is 889. The van der Waals surface area contributed by atoms with Crippen molar-refractivity contribution < 1.29 is 19.4 Å². The van der Waals surface area contributed by atoms with E-state index < -0.39 is 23.4 Å². The summed E-state index contributed by atoms with van der Waals surface area (Å²) >= 11 is 0. The van der Waals surface area contributed by atoms with Gasteiger partial charge in [0.2, 0.25) is 0 Å². The number of carbonyl (C=O) groups excluding carboxylic acids is 1. The molecule has 0 saturated carbocycles. The summed E-state index contributed by atoms with van der Waals surface area (Å²) in [6.45, 7) is 6.59. The van der Waals surface area contributed by atoms with Crippen LogP contribution in [0.2, 0.25) is 0 Å². The Kier molecular flexibility index (Phi) is 6.32. The molecule has 2 bridgehead atoms. The summed E-state index contributed by atoms with van der Waals surface area (Å²) in [4.78, 5) is 23.9. The van der Waals surface area contributed by atoms with Crippen molar-refractivity contribution in [3.05, 3.63) is 29.5 Å². The van der Waals surface area contributed by atoms with E-state index in [1.54, 1.807) is 13.0 Å². The molecule has 3 atom stereocenters. The summed E-state index contributed by atoms with van der Waals surface area (Å²) in [5.74, 6) is 4.47. The van der Waals surface area contributed by atoms with Gasteiger partial charge < -0.3 is 9.84 Å². The predicted molar refractivity (Wildman–Crippen MR) is 99.3 cm³/mol. The summed E-state index contributed by atoms with van der Waals surface area (Å²) in [6.07, 6.45) is 1.90. The van der Waals surface area contributed by atoms with Crippen LogP contribution in [-0.4, -0.2) is 40.8 Å². The number of hydrogen-bond acceptors (Lipinski definition) is 5. The lowest BCUT2D eigenvalue weighted by Gasteiger charge is -2.41. The van der Waals surface area contributed by atoms with Gasteiger partial charge in [0.25, 0.3) is 0 Å². The van der Waals surface area contributed by atoms with Crippen LogP contribution in [0.25, 0.3) is 0 Å². The maximum absolute atomic E-state index is 11.7. The van der Waals surface area contributed by atoms with Crippen molar-refractivity contribution in [2.75, 3.05) is 6.61 Å². The third-order valence-corrected chi connectivity index (χ3v) is 5.23. The molecule has 28 heavy (non-hydrogen) atoms. The second-order valence-electron chi connectivity index (χ2n) is 6.80. The molecule has 0 radical (unpaired) electrons. The first kappa shape index (κ1) is 20.8. The number of carboxylic acid groups (broad SMARTS) is 1. The van der Waals surface area contributed by atoms with Gasteiger partial charge in [-0.3, -0.25) is 9.69 Å². The van der Waals surface area contributed by atoms with Crippen LogP contribution >= 0.6 is 0 Å². The average molecular weight is 379 g/mol. The number of esters is 1. The zero-order valence-corrected chi connectivity index (χ0v) is 15.9. The van der Waals surface area contributed by atoms with E-state index in [2.05, 4.69) is 36.3 Å². The van der Waals surface area contributed by atoms with Crippen LogP contribution in [0.3, 0.4) is 0 Å². The fraction of sp³-hybridized carbons (Fsp3) is 0.476.